The lowest BCUT2D eigenvalue weighted by molar-refractivity contribution is -0.145. The maximum atomic E-state index is 14.3. The molecule has 3 aliphatic heterocycles. The predicted molar refractivity (Wildman–Crippen MR) is 145 cm³/mol. The summed E-state index contributed by atoms with van der Waals surface area (Å²) in [6, 6.07) is 7.03. The molecule has 38 heavy (non-hydrogen) atoms. The molecule has 2 N–H and O–H groups in total. The average Bonchev–Trinajstić information content (AvgIpc) is 3.53. The maximum absolute atomic E-state index is 14.3. The molecular weight excluding hydrogens is 478 g/mol. The Hall–Kier alpha value is -2.67. The zero-order valence-electron chi connectivity index (χ0n) is 22.8. The fraction of sp³-hybridized carbons (Fsp3) is 0.645. The Labute approximate surface area is 225 Å². The number of nitrogens with zero attached hydrogens (tertiary/aromatic N) is 1. The highest BCUT2D eigenvalue weighted by molar-refractivity contribution is 6.03. The zero-order chi connectivity index (χ0) is 26.6. The summed E-state index contributed by atoms with van der Waals surface area (Å²) in [4.78, 5) is 43.9. The number of benzene rings is 1. The topological polar surface area (TPSA) is 87.7 Å². The van der Waals surface area contributed by atoms with E-state index in [1.807, 2.05) is 48.2 Å². The first kappa shape index (κ1) is 25.6. The number of hydrogen-bond donors (Lipinski definition) is 2. The van der Waals surface area contributed by atoms with E-state index in [2.05, 4.69) is 24.5 Å². The standard InChI is InChI=1S/C31H41N3O4/c1-18-11-13-22(14-12-18)34-27(29(36)33-23-10-5-4-8-20(23)3)31-16-15-24(38-31)25(26(31)30(34)37)28(35)32-21-9-6-7-19(2)17-21/h6-7,9,15-18,20,22-27H,4-5,8,10-14H2,1-3H3,(H,32,35)(H,33,36). The highest BCUT2D eigenvalue weighted by Crippen LogP contribution is 2.56. The van der Waals surface area contributed by atoms with Gasteiger partial charge in [0.15, 0.2) is 0 Å². The van der Waals surface area contributed by atoms with Gasteiger partial charge in [-0.05, 0) is 75.0 Å². The van der Waals surface area contributed by atoms with E-state index in [1.165, 1.54) is 6.42 Å². The van der Waals surface area contributed by atoms with Gasteiger partial charge in [-0.15, -0.1) is 0 Å². The van der Waals surface area contributed by atoms with Crippen molar-refractivity contribution in [1.82, 2.24) is 10.2 Å². The van der Waals surface area contributed by atoms with Crippen molar-refractivity contribution in [2.45, 2.75) is 102 Å². The van der Waals surface area contributed by atoms with Crippen molar-refractivity contribution in [3.63, 3.8) is 0 Å². The lowest BCUT2D eigenvalue weighted by Crippen LogP contribution is -2.59. The van der Waals surface area contributed by atoms with Crippen LogP contribution >= 0.6 is 0 Å². The monoisotopic (exact) mass is 519 g/mol. The first-order valence-corrected chi connectivity index (χ1v) is 14.7. The third-order valence-electron chi connectivity index (χ3n) is 9.97. The van der Waals surface area contributed by atoms with Crippen molar-refractivity contribution in [2.75, 3.05) is 5.32 Å². The largest absolute Gasteiger partial charge is 0.359 e. The molecule has 5 aliphatic rings. The van der Waals surface area contributed by atoms with Crippen molar-refractivity contribution in [3.8, 4) is 0 Å². The van der Waals surface area contributed by atoms with E-state index in [4.69, 9.17) is 4.74 Å². The Morgan fingerprint density at radius 3 is 2.53 bits per heavy atom. The summed E-state index contributed by atoms with van der Waals surface area (Å²) in [5.74, 6) is -0.765. The molecule has 1 spiro atoms. The second kappa shape index (κ2) is 9.82. The van der Waals surface area contributed by atoms with Crippen LogP contribution in [0.5, 0.6) is 0 Å². The molecule has 204 valence electrons. The first-order chi connectivity index (χ1) is 18.3. The minimum absolute atomic E-state index is 0.00487. The van der Waals surface area contributed by atoms with Crippen LogP contribution < -0.4 is 10.6 Å². The first-order valence-electron chi connectivity index (χ1n) is 14.7. The van der Waals surface area contributed by atoms with Gasteiger partial charge < -0.3 is 20.3 Å². The minimum atomic E-state index is -1.10. The fourth-order valence-electron chi connectivity index (χ4n) is 7.86. The van der Waals surface area contributed by atoms with Gasteiger partial charge >= 0.3 is 0 Å². The molecule has 7 unspecified atom stereocenters. The molecular formula is C31H41N3O4. The predicted octanol–water partition coefficient (Wildman–Crippen LogP) is 4.36. The van der Waals surface area contributed by atoms with Crippen molar-refractivity contribution < 1.29 is 19.1 Å². The number of nitrogens with one attached hydrogen (secondary N) is 2. The summed E-state index contributed by atoms with van der Waals surface area (Å²) < 4.78 is 6.55. The highest BCUT2D eigenvalue weighted by atomic mass is 16.5. The van der Waals surface area contributed by atoms with E-state index < -0.39 is 29.6 Å². The van der Waals surface area contributed by atoms with Crippen molar-refractivity contribution in [3.05, 3.63) is 42.0 Å². The molecule has 0 radical (unpaired) electrons. The summed E-state index contributed by atoms with van der Waals surface area (Å²) in [6.45, 7) is 6.44. The summed E-state index contributed by atoms with van der Waals surface area (Å²) in [5, 5.41) is 6.37. The molecule has 3 amide bonds. The Kier molecular flexibility index (Phi) is 6.61. The molecule has 7 atom stereocenters. The van der Waals surface area contributed by atoms with Crippen LogP contribution in [0.3, 0.4) is 0 Å². The number of carbonyl (C=O) groups excluding carboxylic acids is 3. The van der Waals surface area contributed by atoms with E-state index in [9.17, 15) is 14.4 Å². The Bertz CT molecular complexity index is 1140. The number of rotatable bonds is 5. The van der Waals surface area contributed by atoms with Crippen LogP contribution in [-0.2, 0) is 19.1 Å². The van der Waals surface area contributed by atoms with Crippen LogP contribution in [0.15, 0.2) is 36.4 Å². The van der Waals surface area contributed by atoms with Crippen molar-refractivity contribution in [1.29, 1.82) is 0 Å². The minimum Gasteiger partial charge on any atom is -0.359 e. The molecule has 2 saturated carbocycles. The summed E-state index contributed by atoms with van der Waals surface area (Å²) in [5.41, 5.74) is 0.660. The SMILES string of the molecule is Cc1cccc(NC(=O)C2C3C=CC4(O3)C2C(=O)N(C2CCC(C)CC2)C4C(=O)NC2CCCCC2C)c1. The van der Waals surface area contributed by atoms with Crippen LogP contribution in [0.1, 0.15) is 70.8 Å². The van der Waals surface area contributed by atoms with Gasteiger partial charge in [-0.25, -0.2) is 0 Å². The quantitative estimate of drug-likeness (QED) is 0.566. The normalized spacial score (nSPS) is 39.8. The Balaban J connectivity index is 1.32. The van der Waals surface area contributed by atoms with Crippen LogP contribution in [0.4, 0.5) is 5.69 Å². The van der Waals surface area contributed by atoms with E-state index in [0.29, 0.717) is 17.5 Å². The summed E-state index contributed by atoms with van der Waals surface area (Å²) in [7, 11) is 0. The van der Waals surface area contributed by atoms with E-state index in [-0.39, 0.29) is 29.8 Å². The summed E-state index contributed by atoms with van der Waals surface area (Å²) in [6.07, 6.45) is 11.5. The van der Waals surface area contributed by atoms with Gasteiger partial charge in [0, 0.05) is 17.8 Å². The zero-order valence-corrected chi connectivity index (χ0v) is 22.8. The van der Waals surface area contributed by atoms with Gasteiger partial charge in [0.25, 0.3) is 0 Å². The van der Waals surface area contributed by atoms with Gasteiger partial charge in [0.1, 0.15) is 11.6 Å². The summed E-state index contributed by atoms with van der Waals surface area (Å²) >= 11 is 0. The molecule has 3 heterocycles. The van der Waals surface area contributed by atoms with E-state index in [0.717, 1.165) is 50.5 Å². The molecule has 2 aliphatic carbocycles. The molecule has 1 aromatic rings. The molecule has 1 aromatic carbocycles. The van der Waals surface area contributed by atoms with Gasteiger partial charge in [0.2, 0.25) is 17.7 Å². The fourth-order valence-corrected chi connectivity index (χ4v) is 7.86. The third-order valence-corrected chi connectivity index (χ3v) is 9.97. The number of anilines is 1. The van der Waals surface area contributed by atoms with Gasteiger partial charge in [-0.3, -0.25) is 14.4 Å². The van der Waals surface area contributed by atoms with Crippen LogP contribution in [0.25, 0.3) is 0 Å². The van der Waals surface area contributed by atoms with Gasteiger partial charge in [0.05, 0.1) is 17.9 Å². The number of hydrogen-bond acceptors (Lipinski definition) is 4. The van der Waals surface area contributed by atoms with Crippen molar-refractivity contribution in [2.24, 2.45) is 23.7 Å². The number of likely N-dealkylation sites (tertiary alicyclic amines) is 1. The second-order valence-corrected chi connectivity index (χ2v) is 12.6. The van der Waals surface area contributed by atoms with Crippen LogP contribution in [0, 0.1) is 30.6 Å². The number of ether oxygens (including phenoxy) is 1. The highest BCUT2D eigenvalue weighted by Gasteiger charge is 2.73. The lowest BCUT2D eigenvalue weighted by Gasteiger charge is -2.40. The van der Waals surface area contributed by atoms with Gasteiger partial charge in [-0.1, -0.05) is 51.0 Å². The van der Waals surface area contributed by atoms with Crippen molar-refractivity contribution >= 4 is 23.4 Å². The molecule has 0 aromatic heterocycles. The van der Waals surface area contributed by atoms with Gasteiger partial charge in [-0.2, -0.15) is 0 Å². The second-order valence-electron chi connectivity index (χ2n) is 12.6. The lowest BCUT2D eigenvalue weighted by atomic mass is 9.74. The number of amides is 3. The number of fused-ring (bicyclic) bond motifs is 1. The third kappa shape index (κ3) is 4.18. The maximum Gasteiger partial charge on any atom is 0.246 e. The molecule has 2 bridgehead atoms. The van der Waals surface area contributed by atoms with E-state index >= 15 is 0 Å². The van der Waals surface area contributed by atoms with Crippen LogP contribution in [-0.4, -0.2) is 52.5 Å². The molecule has 2 saturated heterocycles. The Morgan fingerprint density at radius 2 is 1.79 bits per heavy atom. The smallest absolute Gasteiger partial charge is 0.246 e. The molecule has 7 nitrogen and oxygen atoms in total. The molecule has 6 rings (SSSR count). The van der Waals surface area contributed by atoms with Crippen LogP contribution in [0.2, 0.25) is 0 Å². The molecule has 7 heteroatoms. The van der Waals surface area contributed by atoms with E-state index in [1.54, 1.807) is 0 Å². The number of carbonyl (C=O) groups is 3. The number of aryl methyl sites for hydroxylation is 1. The molecule has 4 fully saturated rings. The Morgan fingerprint density at radius 1 is 1.03 bits per heavy atom. The average molecular weight is 520 g/mol.